The summed E-state index contributed by atoms with van der Waals surface area (Å²) in [6.07, 6.45) is 4.43. The van der Waals surface area contributed by atoms with Gasteiger partial charge in [-0.1, -0.05) is 0 Å². The van der Waals surface area contributed by atoms with E-state index in [-0.39, 0.29) is 5.91 Å². The van der Waals surface area contributed by atoms with Crippen LogP contribution in [0.1, 0.15) is 23.2 Å². The topological polar surface area (TPSA) is 80.5 Å². The molecule has 2 aromatic heterocycles. The Balaban J connectivity index is 1.77. The number of hydrogen-bond acceptors (Lipinski definition) is 5. The van der Waals surface area contributed by atoms with Crippen molar-refractivity contribution >= 4 is 17.1 Å². The van der Waals surface area contributed by atoms with Gasteiger partial charge >= 0.3 is 0 Å². The second kappa shape index (κ2) is 6.41. The van der Waals surface area contributed by atoms with E-state index >= 15 is 0 Å². The third kappa shape index (κ3) is 2.95. The number of pyridine rings is 1. The van der Waals surface area contributed by atoms with Crippen molar-refractivity contribution in [1.82, 2.24) is 19.4 Å². The molecule has 7 heteroatoms. The Hall–Kier alpha value is -1.99. The smallest absolute Gasteiger partial charge is 0.255 e. The van der Waals surface area contributed by atoms with Gasteiger partial charge in [0.05, 0.1) is 18.0 Å². The van der Waals surface area contributed by atoms with E-state index in [1.54, 1.807) is 30.6 Å². The quantitative estimate of drug-likeness (QED) is 0.821. The van der Waals surface area contributed by atoms with Gasteiger partial charge in [0, 0.05) is 39.5 Å². The van der Waals surface area contributed by atoms with E-state index in [9.17, 15) is 9.90 Å². The van der Waals surface area contributed by atoms with Crippen LogP contribution in [0.4, 0.5) is 0 Å². The zero-order valence-electron chi connectivity index (χ0n) is 12.6. The summed E-state index contributed by atoms with van der Waals surface area (Å²) in [4.78, 5) is 22.7. The normalized spacial score (nSPS) is 18.3. The lowest BCUT2D eigenvalue weighted by Crippen LogP contribution is -2.29. The number of aliphatic hydroxyl groups excluding tert-OH is 1. The molecule has 1 saturated heterocycles. The van der Waals surface area contributed by atoms with E-state index < -0.39 is 6.10 Å². The second-order valence-electron chi connectivity index (χ2n) is 5.54. The fraction of sp³-hybridized carbons (Fsp3) is 0.533. The highest BCUT2D eigenvalue weighted by molar-refractivity contribution is 5.96. The van der Waals surface area contributed by atoms with Crippen LogP contribution in [0.5, 0.6) is 0 Å². The predicted octanol–water partition coefficient (Wildman–Crippen LogP) is 0.675. The lowest BCUT2D eigenvalue weighted by Gasteiger charge is -2.15. The van der Waals surface area contributed by atoms with Gasteiger partial charge < -0.3 is 19.3 Å². The van der Waals surface area contributed by atoms with Crippen LogP contribution in [0, 0.1) is 0 Å². The van der Waals surface area contributed by atoms with Gasteiger partial charge in [-0.25, -0.2) is 9.97 Å². The fourth-order valence-electron chi connectivity index (χ4n) is 2.72. The number of carbonyl (C=O) groups is 1. The van der Waals surface area contributed by atoms with Crippen molar-refractivity contribution in [2.24, 2.45) is 0 Å². The molecule has 0 aliphatic carbocycles. The van der Waals surface area contributed by atoms with E-state index in [4.69, 9.17) is 4.74 Å². The minimum atomic E-state index is -0.416. The molecule has 0 unspecified atom stereocenters. The molecule has 0 radical (unpaired) electrons. The molecule has 1 fully saturated rings. The van der Waals surface area contributed by atoms with Gasteiger partial charge in [-0.15, -0.1) is 0 Å². The first kappa shape index (κ1) is 14.9. The largest absolute Gasteiger partial charge is 0.391 e. The average molecular weight is 304 g/mol. The molecule has 0 spiro atoms. The zero-order valence-corrected chi connectivity index (χ0v) is 12.6. The summed E-state index contributed by atoms with van der Waals surface area (Å²) in [6, 6.07) is 1.77. The minimum Gasteiger partial charge on any atom is -0.391 e. The molecule has 0 bridgehead atoms. The number of rotatable bonds is 5. The summed E-state index contributed by atoms with van der Waals surface area (Å²) in [7, 11) is 1.68. The number of likely N-dealkylation sites (tertiary alicyclic amines) is 1. The zero-order chi connectivity index (χ0) is 15.5. The Kier molecular flexibility index (Phi) is 4.35. The number of carbonyl (C=O) groups excluding carboxylic acids is 1. The number of aliphatic hydroxyl groups is 1. The van der Waals surface area contributed by atoms with Crippen molar-refractivity contribution in [3.8, 4) is 0 Å². The van der Waals surface area contributed by atoms with Crippen LogP contribution >= 0.6 is 0 Å². The van der Waals surface area contributed by atoms with E-state index in [1.165, 1.54) is 0 Å². The molecule has 1 aliphatic heterocycles. The first-order chi connectivity index (χ1) is 10.7. The monoisotopic (exact) mass is 304 g/mol. The molecule has 22 heavy (non-hydrogen) atoms. The van der Waals surface area contributed by atoms with E-state index in [2.05, 4.69) is 9.97 Å². The Morgan fingerprint density at radius 1 is 1.50 bits per heavy atom. The number of amides is 1. The molecule has 1 N–H and O–H groups in total. The van der Waals surface area contributed by atoms with Crippen LogP contribution in [0.2, 0.25) is 0 Å². The third-order valence-corrected chi connectivity index (χ3v) is 3.90. The van der Waals surface area contributed by atoms with Crippen molar-refractivity contribution in [3.05, 3.63) is 24.2 Å². The van der Waals surface area contributed by atoms with Gasteiger partial charge in [0.1, 0.15) is 5.52 Å². The van der Waals surface area contributed by atoms with Crippen molar-refractivity contribution in [2.45, 2.75) is 25.5 Å². The highest BCUT2D eigenvalue weighted by atomic mass is 16.5. The standard InChI is InChI=1S/C15H20N4O3/c1-22-6-2-4-19-10-17-13-7-11(8-16-14(13)19)15(21)18-5-3-12(20)9-18/h7-8,10,12,20H,2-6,9H2,1H3/t12-/m1/s1. The van der Waals surface area contributed by atoms with Crippen LogP contribution < -0.4 is 0 Å². The maximum atomic E-state index is 12.4. The van der Waals surface area contributed by atoms with Gasteiger partial charge in [0.15, 0.2) is 5.65 Å². The average Bonchev–Trinajstić information content (AvgIpc) is 3.13. The number of imidazole rings is 1. The lowest BCUT2D eigenvalue weighted by molar-refractivity contribution is 0.0764. The number of fused-ring (bicyclic) bond motifs is 1. The van der Waals surface area contributed by atoms with E-state index in [1.807, 2.05) is 4.57 Å². The molecule has 1 atom stereocenters. The van der Waals surface area contributed by atoms with Crippen LogP contribution in [0.15, 0.2) is 18.6 Å². The maximum Gasteiger partial charge on any atom is 0.255 e. The van der Waals surface area contributed by atoms with E-state index in [0.29, 0.717) is 37.2 Å². The Morgan fingerprint density at radius 2 is 2.36 bits per heavy atom. The molecule has 1 aliphatic rings. The molecule has 3 heterocycles. The lowest BCUT2D eigenvalue weighted by atomic mass is 10.2. The Bertz CT molecular complexity index is 670. The number of ether oxygens (including phenoxy) is 1. The molecule has 1 amide bonds. The van der Waals surface area contributed by atoms with Crippen LogP contribution in [0.3, 0.4) is 0 Å². The number of aryl methyl sites for hydroxylation is 1. The van der Waals surface area contributed by atoms with Gasteiger partial charge in [-0.05, 0) is 18.9 Å². The predicted molar refractivity (Wildman–Crippen MR) is 80.5 cm³/mol. The van der Waals surface area contributed by atoms with Gasteiger partial charge in [0.25, 0.3) is 5.91 Å². The Labute approximate surface area is 128 Å². The molecular weight excluding hydrogens is 284 g/mol. The van der Waals surface area contributed by atoms with Crippen molar-refractivity contribution in [1.29, 1.82) is 0 Å². The summed E-state index contributed by atoms with van der Waals surface area (Å²) in [5.41, 5.74) is 2.00. The summed E-state index contributed by atoms with van der Waals surface area (Å²) in [5, 5.41) is 9.54. The van der Waals surface area contributed by atoms with Crippen molar-refractivity contribution in [3.63, 3.8) is 0 Å². The number of methoxy groups -OCH3 is 1. The SMILES string of the molecule is COCCCn1cnc2cc(C(=O)N3CC[C@@H](O)C3)cnc21. The third-order valence-electron chi connectivity index (χ3n) is 3.90. The first-order valence-corrected chi connectivity index (χ1v) is 7.46. The number of β-amino-alcohol motifs (C(OH)–C–C–N with tert-alkyl or cyclic N) is 1. The van der Waals surface area contributed by atoms with Crippen molar-refractivity contribution < 1.29 is 14.6 Å². The molecule has 3 rings (SSSR count). The second-order valence-corrected chi connectivity index (χ2v) is 5.54. The van der Waals surface area contributed by atoms with Gasteiger partial charge in [0.2, 0.25) is 0 Å². The summed E-state index contributed by atoms with van der Waals surface area (Å²) < 4.78 is 7.00. The summed E-state index contributed by atoms with van der Waals surface area (Å²) >= 11 is 0. The molecule has 0 saturated carbocycles. The van der Waals surface area contributed by atoms with E-state index in [0.717, 1.165) is 18.6 Å². The molecular formula is C15H20N4O3. The van der Waals surface area contributed by atoms with Crippen molar-refractivity contribution in [2.75, 3.05) is 26.8 Å². The molecule has 7 nitrogen and oxygen atoms in total. The first-order valence-electron chi connectivity index (χ1n) is 7.46. The molecule has 118 valence electrons. The van der Waals surface area contributed by atoms with Gasteiger partial charge in [-0.2, -0.15) is 0 Å². The summed E-state index contributed by atoms with van der Waals surface area (Å²) in [5.74, 6) is -0.0973. The highest BCUT2D eigenvalue weighted by Gasteiger charge is 2.25. The van der Waals surface area contributed by atoms with Crippen LogP contribution in [-0.4, -0.2) is 63.4 Å². The molecule has 2 aromatic rings. The minimum absolute atomic E-state index is 0.0973. The Morgan fingerprint density at radius 3 is 3.09 bits per heavy atom. The number of aromatic nitrogens is 3. The fourth-order valence-corrected chi connectivity index (χ4v) is 2.72. The maximum absolute atomic E-state index is 12.4. The highest BCUT2D eigenvalue weighted by Crippen LogP contribution is 2.17. The summed E-state index contributed by atoms with van der Waals surface area (Å²) in [6.45, 7) is 2.45. The number of hydrogen-bond donors (Lipinski definition) is 1. The molecule has 0 aromatic carbocycles. The van der Waals surface area contributed by atoms with Crippen LogP contribution in [-0.2, 0) is 11.3 Å². The van der Waals surface area contributed by atoms with Crippen LogP contribution in [0.25, 0.3) is 11.2 Å². The number of nitrogens with zero attached hydrogens (tertiary/aromatic N) is 4. The van der Waals surface area contributed by atoms with Gasteiger partial charge in [-0.3, -0.25) is 4.79 Å².